The van der Waals surface area contributed by atoms with Gasteiger partial charge in [-0.2, -0.15) is 0 Å². The van der Waals surface area contributed by atoms with Crippen molar-refractivity contribution in [2.24, 2.45) is 4.99 Å². The summed E-state index contributed by atoms with van der Waals surface area (Å²) in [6.07, 6.45) is 3.30. The fraction of sp³-hybridized carbons (Fsp3) is 0.889. The molecule has 0 atom stereocenters. The van der Waals surface area contributed by atoms with E-state index in [2.05, 4.69) is 30.7 Å². The summed E-state index contributed by atoms with van der Waals surface area (Å²) in [7, 11) is 0. The van der Waals surface area contributed by atoms with Gasteiger partial charge in [-0.25, -0.2) is 0 Å². The molecule has 0 amide bonds. The molecular formula is C9H18N2S. The zero-order valence-electron chi connectivity index (χ0n) is 8.21. The van der Waals surface area contributed by atoms with Crippen LogP contribution in [0.5, 0.6) is 0 Å². The van der Waals surface area contributed by atoms with Gasteiger partial charge in [0.15, 0.2) is 0 Å². The van der Waals surface area contributed by atoms with Crippen LogP contribution in [0.25, 0.3) is 0 Å². The van der Waals surface area contributed by atoms with Gasteiger partial charge in [-0.1, -0.05) is 0 Å². The van der Waals surface area contributed by atoms with Crippen LogP contribution in [0, 0.1) is 0 Å². The van der Waals surface area contributed by atoms with E-state index in [-0.39, 0.29) is 5.54 Å². The molecule has 70 valence electrons. The second-order valence-electron chi connectivity index (χ2n) is 4.12. The number of thioether (sulfide) groups is 1. The van der Waals surface area contributed by atoms with Crippen LogP contribution in [0.2, 0.25) is 0 Å². The molecular weight excluding hydrogens is 168 g/mol. The molecule has 1 fully saturated rings. The van der Waals surface area contributed by atoms with Crippen molar-refractivity contribution in [2.75, 3.05) is 18.2 Å². The summed E-state index contributed by atoms with van der Waals surface area (Å²) in [5.41, 5.74) is 0.0715. The molecule has 12 heavy (non-hydrogen) atoms. The topological polar surface area (TPSA) is 15.6 Å². The first-order valence-corrected chi connectivity index (χ1v) is 5.60. The maximum Gasteiger partial charge on any atom is 0.0863 e. The molecule has 0 aromatic heterocycles. The molecule has 2 nitrogen and oxygen atoms in total. The molecule has 3 heteroatoms. The van der Waals surface area contributed by atoms with E-state index in [9.17, 15) is 0 Å². The summed E-state index contributed by atoms with van der Waals surface area (Å²) < 4.78 is 0. The van der Waals surface area contributed by atoms with Crippen LogP contribution in [-0.4, -0.2) is 35.0 Å². The van der Waals surface area contributed by atoms with Crippen molar-refractivity contribution < 1.29 is 0 Å². The Balaban J connectivity index is 2.33. The van der Waals surface area contributed by atoms with Crippen LogP contribution < -0.4 is 0 Å². The maximum atomic E-state index is 4.47. The molecule has 0 aromatic carbocycles. The zero-order valence-corrected chi connectivity index (χ0v) is 9.02. The summed E-state index contributed by atoms with van der Waals surface area (Å²) in [4.78, 5) is 6.76. The number of hydrogen-bond donors (Lipinski definition) is 0. The minimum atomic E-state index is 0.0715. The highest BCUT2D eigenvalue weighted by Crippen LogP contribution is 2.13. The van der Waals surface area contributed by atoms with Crippen molar-refractivity contribution in [3.8, 4) is 0 Å². The Bertz CT molecular complexity index is 154. The van der Waals surface area contributed by atoms with E-state index < -0.39 is 0 Å². The summed E-state index contributed by atoms with van der Waals surface area (Å²) in [5.74, 6) is 2.42. The average Bonchev–Trinajstić information content (AvgIpc) is 2.02. The van der Waals surface area contributed by atoms with Gasteiger partial charge in [-0.05, 0) is 32.9 Å². The highest BCUT2D eigenvalue weighted by atomic mass is 32.2. The molecule has 0 N–H and O–H groups in total. The van der Waals surface area contributed by atoms with E-state index in [1.807, 2.05) is 18.1 Å². The molecule has 0 bridgehead atoms. The molecule has 1 aliphatic rings. The highest BCUT2D eigenvalue weighted by molar-refractivity contribution is 7.99. The molecule has 0 saturated carbocycles. The van der Waals surface area contributed by atoms with Gasteiger partial charge >= 0.3 is 0 Å². The highest BCUT2D eigenvalue weighted by Gasteiger charge is 2.09. The van der Waals surface area contributed by atoms with E-state index in [1.165, 1.54) is 18.7 Å². The van der Waals surface area contributed by atoms with Gasteiger partial charge < -0.3 is 4.90 Å². The smallest absolute Gasteiger partial charge is 0.0863 e. The number of nitrogens with zero attached hydrogens (tertiary/aromatic N) is 2. The minimum absolute atomic E-state index is 0.0715. The van der Waals surface area contributed by atoms with Crippen molar-refractivity contribution in [1.82, 2.24) is 4.90 Å². The molecule has 0 unspecified atom stereocenters. The molecule has 0 radical (unpaired) electrons. The first-order chi connectivity index (χ1) is 5.58. The lowest BCUT2D eigenvalue weighted by atomic mass is 10.1. The van der Waals surface area contributed by atoms with Gasteiger partial charge in [-0.15, -0.1) is 11.8 Å². The molecule has 1 aliphatic heterocycles. The van der Waals surface area contributed by atoms with Crippen molar-refractivity contribution >= 4 is 18.1 Å². The summed E-state index contributed by atoms with van der Waals surface area (Å²) in [6.45, 7) is 7.55. The maximum absolute atomic E-state index is 4.47. The third-order valence-electron chi connectivity index (χ3n) is 1.60. The van der Waals surface area contributed by atoms with Crippen LogP contribution in [-0.2, 0) is 0 Å². The molecule has 1 saturated heterocycles. The number of aliphatic imine (C=N–C) groups is 1. The Morgan fingerprint density at radius 1 is 1.42 bits per heavy atom. The third kappa shape index (κ3) is 4.00. The van der Waals surface area contributed by atoms with Crippen molar-refractivity contribution in [3.63, 3.8) is 0 Å². The standard InChI is InChI=1S/C9H18N2S/c1-9(2,3)10-7-11-5-4-6-12-8-11/h7H,4-6,8H2,1-3H3. The third-order valence-corrected chi connectivity index (χ3v) is 2.69. The van der Waals surface area contributed by atoms with Crippen molar-refractivity contribution in [2.45, 2.75) is 32.7 Å². The van der Waals surface area contributed by atoms with Crippen molar-refractivity contribution in [3.05, 3.63) is 0 Å². The lowest BCUT2D eigenvalue weighted by Gasteiger charge is -2.25. The predicted octanol–water partition coefficient (Wildman–Crippen LogP) is 2.21. The summed E-state index contributed by atoms with van der Waals surface area (Å²) in [6, 6.07) is 0. The van der Waals surface area contributed by atoms with Crippen LogP contribution >= 0.6 is 11.8 Å². The zero-order chi connectivity index (χ0) is 9.03. The van der Waals surface area contributed by atoms with Crippen LogP contribution in [0.3, 0.4) is 0 Å². The molecule has 0 aliphatic carbocycles. The van der Waals surface area contributed by atoms with Gasteiger partial charge in [-0.3, -0.25) is 4.99 Å². The van der Waals surface area contributed by atoms with Gasteiger partial charge in [0.05, 0.1) is 17.8 Å². The van der Waals surface area contributed by atoms with E-state index in [1.54, 1.807) is 0 Å². The first kappa shape index (κ1) is 9.90. The van der Waals surface area contributed by atoms with Gasteiger partial charge in [0.2, 0.25) is 0 Å². The Morgan fingerprint density at radius 3 is 2.67 bits per heavy atom. The largest absolute Gasteiger partial charge is 0.354 e. The van der Waals surface area contributed by atoms with Crippen molar-refractivity contribution in [1.29, 1.82) is 0 Å². The Morgan fingerprint density at radius 2 is 2.17 bits per heavy atom. The monoisotopic (exact) mass is 186 g/mol. The molecule has 0 aromatic rings. The van der Waals surface area contributed by atoms with Crippen LogP contribution in [0.1, 0.15) is 27.2 Å². The first-order valence-electron chi connectivity index (χ1n) is 4.45. The fourth-order valence-corrected chi connectivity index (χ4v) is 1.85. The van der Waals surface area contributed by atoms with E-state index in [4.69, 9.17) is 0 Å². The van der Waals surface area contributed by atoms with E-state index >= 15 is 0 Å². The normalized spacial score (nSPS) is 20.4. The van der Waals surface area contributed by atoms with Crippen LogP contribution in [0.4, 0.5) is 0 Å². The predicted molar refractivity (Wildman–Crippen MR) is 56.9 cm³/mol. The minimum Gasteiger partial charge on any atom is -0.354 e. The summed E-state index contributed by atoms with van der Waals surface area (Å²) in [5, 5.41) is 0. The Labute approximate surface area is 79.4 Å². The number of rotatable bonds is 1. The fourth-order valence-electron chi connectivity index (χ4n) is 0.962. The average molecular weight is 186 g/mol. The summed E-state index contributed by atoms with van der Waals surface area (Å²) >= 11 is 1.99. The van der Waals surface area contributed by atoms with Crippen LogP contribution in [0.15, 0.2) is 4.99 Å². The Kier molecular flexibility index (Phi) is 3.44. The number of hydrogen-bond acceptors (Lipinski definition) is 2. The SMILES string of the molecule is CC(C)(C)N=CN1CCCSC1. The van der Waals surface area contributed by atoms with Gasteiger partial charge in [0, 0.05) is 6.54 Å². The molecule has 1 rings (SSSR count). The Hall–Kier alpha value is -0.180. The van der Waals surface area contributed by atoms with E-state index in [0.29, 0.717) is 0 Å². The van der Waals surface area contributed by atoms with Gasteiger partial charge in [0.25, 0.3) is 0 Å². The lowest BCUT2D eigenvalue weighted by Crippen LogP contribution is -2.28. The second-order valence-corrected chi connectivity index (χ2v) is 5.19. The molecule has 0 spiro atoms. The molecule has 1 heterocycles. The lowest BCUT2D eigenvalue weighted by molar-refractivity contribution is 0.473. The van der Waals surface area contributed by atoms with E-state index in [0.717, 1.165) is 5.88 Å². The second kappa shape index (κ2) is 4.17. The van der Waals surface area contributed by atoms with Gasteiger partial charge in [0.1, 0.15) is 0 Å². The quantitative estimate of drug-likeness (QED) is 0.461.